The lowest BCUT2D eigenvalue weighted by atomic mass is 10.1. The molecule has 0 fully saturated rings. The summed E-state index contributed by atoms with van der Waals surface area (Å²) < 4.78 is 5.77. The van der Waals surface area contributed by atoms with Gasteiger partial charge in [0.15, 0.2) is 0 Å². The maximum Gasteiger partial charge on any atom is 0.268 e. The van der Waals surface area contributed by atoms with Gasteiger partial charge in [-0.3, -0.25) is 9.78 Å². The molecule has 4 rings (SSSR count). The van der Waals surface area contributed by atoms with Crippen molar-refractivity contribution in [3.05, 3.63) is 59.2 Å². The van der Waals surface area contributed by atoms with Gasteiger partial charge < -0.3 is 9.32 Å². The molecule has 7 nitrogen and oxygen atoms in total. The van der Waals surface area contributed by atoms with Crippen LogP contribution in [0.5, 0.6) is 0 Å². The highest BCUT2D eigenvalue weighted by molar-refractivity contribution is 7.13. The number of hydrogen-bond donors (Lipinski definition) is 0. The van der Waals surface area contributed by atoms with E-state index in [0.717, 1.165) is 16.0 Å². The van der Waals surface area contributed by atoms with Crippen molar-refractivity contribution in [3.8, 4) is 33.6 Å². The molecule has 0 aliphatic heterocycles. The van der Waals surface area contributed by atoms with Crippen LogP contribution in [0.25, 0.3) is 33.6 Å². The largest absolute Gasteiger partial charge is 0.414 e. The maximum absolute atomic E-state index is 12.0. The van der Waals surface area contributed by atoms with Gasteiger partial charge in [-0.15, -0.1) is 21.5 Å². The lowest BCUT2D eigenvalue weighted by Gasteiger charge is -2.10. The molecule has 0 saturated carbocycles. The van der Waals surface area contributed by atoms with E-state index in [2.05, 4.69) is 20.2 Å². The van der Waals surface area contributed by atoms with Crippen molar-refractivity contribution >= 4 is 17.2 Å². The molecule has 0 aliphatic carbocycles. The normalized spacial score (nSPS) is 10.8. The summed E-state index contributed by atoms with van der Waals surface area (Å²) in [7, 11) is 3.45. The number of thiophene rings is 1. The van der Waals surface area contributed by atoms with Crippen molar-refractivity contribution in [2.75, 3.05) is 14.1 Å². The molecule has 0 aliphatic rings. The van der Waals surface area contributed by atoms with Crippen molar-refractivity contribution in [3.63, 3.8) is 0 Å². The molecule has 0 radical (unpaired) electrons. The van der Waals surface area contributed by atoms with Crippen LogP contribution >= 0.6 is 11.3 Å². The van der Waals surface area contributed by atoms with Crippen LogP contribution in [-0.4, -0.2) is 45.1 Å². The Balaban J connectivity index is 1.62. The number of amides is 1. The van der Waals surface area contributed by atoms with Crippen LogP contribution in [-0.2, 0) is 0 Å². The third-order valence-electron chi connectivity index (χ3n) is 4.05. The summed E-state index contributed by atoms with van der Waals surface area (Å²) in [5.74, 6) is 0.732. The van der Waals surface area contributed by atoms with Crippen LogP contribution in [0.1, 0.15) is 15.9 Å². The average Bonchev–Trinajstić information content (AvgIpc) is 3.37. The van der Waals surface area contributed by atoms with Crippen LogP contribution in [0.15, 0.2) is 52.5 Å². The summed E-state index contributed by atoms with van der Waals surface area (Å²) >= 11 is 1.55. The van der Waals surface area contributed by atoms with Crippen LogP contribution in [0.2, 0.25) is 0 Å². The molecule has 1 amide bonds. The maximum atomic E-state index is 12.0. The van der Waals surface area contributed by atoms with Crippen LogP contribution in [0.4, 0.5) is 0 Å². The Kier molecular flexibility index (Phi) is 4.70. The van der Waals surface area contributed by atoms with E-state index in [9.17, 15) is 4.79 Å². The molecule has 3 heterocycles. The summed E-state index contributed by atoms with van der Waals surface area (Å²) in [5, 5.41) is 10.2. The molecule has 3 aromatic heterocycles. The van der Waals surface area contributed by atoms with Gasteiger partial charge in [0, 0.05) is 25.2 Å². The zero-order valence-electron chi connectivity index (χ0n) is 15.6. The minimum atomic E-state index is -0.0476. The van der Waals surface area contributed by atoms with E-state index in [1.54, 1.807) is 50.0 Å². The molecular formula is C20H17N5O2S. The number of aryl methyl sites for hydroxylation is 1. The third kappa shape index (κ3) is 3.54. The molecule has 0 atom stereocenters. The molecule has 4 aromatic rings. The van der Waals surface area contributed by atoms with Crippen molar-refractivity contribution in [1.82, 2.24) is 25.1 Å². The summed E-state index contributed by atoms with van der Waals surface area (Å²) in [5.41, 5.74) is 3.77. The molecule has 140 valence electrons. The zero-order chi connectivity index (χ0) is 19.7. The minimum Gasteiger partial charge on any atom is -0.414 e. The number of carbonyl (C=O) groups excluding carboxylic acids is 1. The van der Waals surface area contributed by atoms with Gasteiger partial charge in [-0.05, 0) is 36.1 Å². The van der Waals surface area contributed by atoms with Gasteiger partial charge in [0.1, 0.15) is 5.69 Å². The molecule has 0 unspecified atom stereocenters. The fraction of sp³-hybridized carbons (Fsp3) is 0.150. The van der Waals surface area contributed by atoms with Crippen LogP contribution < -0.4 is 0 Å². The van der Waals surface area contributed by atoms with E-state index in [0.29, 0.717) is 28.7 Å². The predicted octanol–water partition coefficient (Wildman–Crippen LogP) is 3.93. The second kappa shape index (κ2) is 7.32. The van der Waals surface area contributed by atoms with Crippen LogP contribution in [0.3, 0.4) is 0 Å². The molecule has 8 heteroatoms. The fourth-order valence-electron chi connectivity index (χ4n) is 2.62. The van der Waals surface area contributed by atoms with Crippen molar-refractivity contribution in [2.45, 2.75) is 6.92 Å². The Morgan fingerprint density at radius 3 is 2.43 bits per heavy atom. The quantitative estimate of drug-likeness (QED) is 0.524. The molecule has 0 spiro atoms. The molecule has 1 aromatic carbocycles. The van der Waals surface area contributed by atoms with E-state index >= 15 is 0 Å². The highest BCUT2D eigenvalue weighted by Crippen LogP contribution is 2.28. The van der Waals surface area contributed by atoms with E-state index in [1.807, 2.05) is 30.5 Å². The Hall–Kier alpha value is -3.39. The van der Waals surface area contributed by atoms with Gasteiger partial charge in [-0.2, -0.15) is 0 Å². The Morgan fingerprint density at radius 1 is 1.04 bits per heavy atom. The molecular weight excluding hydrogens is 374 g/mol. The van der Waals surface area contributed by atoms with Crippen LogP contribution in [0, 0.1) is 6.92 Å². The second-order valence-electron chi connectivity index (χ2n) is 6.47. The number of benzene rings is 1. The zero-order valence-corrected chi connectivity index (χ0v) is 16.4. The van der Waals surface area contributed by atoms with Crippen molar-refractivity contribution < 1.29 is 9.21 Å². The van der Waals surface area contributed by atoms with Gasteiger partial charge in [0.25, 0.3) is 17.7 Å². The first kappa shape index (κ1) is 18.0. The van der Waals surface area contributed by atoms with E-state index in [-0.39, 0.29) is 5.91 Å². The van der Waals surface area contributed by atoms with Gasteiger partial charge in [0.05, 0.1) is 23.0 Å². The fourth-order valence-corrected chi connectivity index (χ4v) is 3.44. The molecule has 0 bridgehead atoms. The average molecular weight is 391 g/mol. The summed E-state index contributed by atoms with van der Waals surface area (Å²) in [4.78, 5) is 23.3. The highest BCUT2D eigenvalue weighted by Gasteiger charge is 2.15. The summed E-state index contributed by atoms with van der Waals surface area (Å²) in [6.07, 6.45) is 3.25. The minimum absolute atomic E-state index is 0.0476. The number of hydrogen-bond acceptors (Lipinski definition) is 7. The SMILES string of the molecule is Cc1csc(-c2nnc(-c3cncc(-c4ccc(C(=O)N(C)C)cc4)n3)o2)c1. The lowest BCUT2D eigenvalue weighted by Crippen LogP contribution is -2.21. The van der Waals surface area contributed by atoms with Gasteiger partial charge in [-0.1, -0.05) is 12.1 Å². The van der Waals surface area contributed by atoms with E-state index in [1.165, 1.54) is 4.90 Å². The van der Waals surface area contributed by atoms with Gasteiger partial charge in [-0.25, -0.2) is 4.98 Å². The number of aromatic nitrogens is 4. The topological polar surface area (TPSA) is 85.0 Å². The number of rotatable bonds is 4. The second-order valence-corrected chi connectivity index (χ2v) is 7.38. The first-order chi connectivity index (χ1) is 13.5. The van der Waals surface area contributed by atoms with E-state index < -0.39 is 0 Å². The van der Waals surface area contributed by atoms with E-state index in [4.69, 9.17) is 4.42 Å². The monoisotopic (exact) mass is 391 g/mol. The predicted molar refractivity (Wildman–Crippen MR) is 107 cm³/mol. The standard InChI is InChI=1S/C20H17N5O2S/c1-12-8-17(28-11-12)19-24-23-18(27-19)16-10-21-9-15(22-16)13-4-6-14(7-5-13)20(26)25(2)3/h4-11H,1-3H3. The first-order valence-electron chi connectivity index (χ1n) is 8.55. The molecule has 28 heavy (non-hydrogen) atoms. The third-order valence-corrected chi connectivity index (χ3v) is 5.09. The summed E-state index contributed by atoms with van der Waals surface area (Å²) in [6.45, 7) is 2.02. The highest BCUT2D eigenvalue weighted by atomic mass is 32.1. The lowest BCUT2D eigenvalue weighted by molar-refractivity contribution is 0.0827. The Labute approximate surface area is 165 Å². The smallest absolute Gasteiger partial charge is 0.268 e. The Bertz CT molecular complexity index is 1130. The van der Waals surface area contributed by atoms with Gasteiger partial charge in [0.2, 0.25) is 0 Å². The number of nitrogens with zero attached hydrogens (tertiary/aromatic N) is 5. The number of carbonyl (C=O) groups is 1. The first-order valence-corrected chi connectivity index (χ1v) is 9.43. The molecule has 0 saturated heterocycles. The summed E-state index contributed by atoms with van der Waals surface area (Å²) in [6, 6.07) is 9.24. The Morgan fingerprint density at radius 2 is 1.75 bits per heavy atom. The van der Waals surface area contributed by atoms with Gasteiger partial charge >= 0.3 is 0 Å². The van der Waals surface area contributed by atoms with Crippen molar-refractivity contribution in [2.24, 2.45) is 0 Å². The van der Waals surface area contributed by atoms with Crippen molar-refractivity contribution in [1.29, 1.82) is 0 Å². The molecule has 0 N–H and O–H groups in total.